The zero-order valence-electron chi connectivity index (χ0n) is 18.0. The van der Waals surface area contributed by atoms with Crippen LogP contribution in [0, 0.1) is 0 Å². The van der Waals surface area contributed by atoms with Crippen molar-refractivity contribution < 1.29 is 22.4 Å². The number of hydrogen-bond acceptors (Lipinski definition) is 6. The van der Waals surface area contributed by atoms with Gasteiger partial charge in [0.15, 0.2) is 5.76 Å². The SMILES string of the molecule is CN(CC(=O)Nc1cc(S(=O)(=O)N2CCCCC2)ccc1N(C)C)C(=O)c1ccco1. The van der Waals surface area contributed by atoms with Gasteiger partial charge in [0, 0.05) is 34.2 Å². The fraction of sp³-hybridized carbons (Fsp3) is 0.429. The van der Waals surface area contributed by atoms with Crippen LogP contribution in [0.4, 0.5) is 11.4 Å². The number of benzene rings is 1. The smallest absolute Gasteiger partial charge is 0.289 e. The number of sulfonamides is 1. The van der Waals surface area contributed by atoms with Crippen molar-refractivity contribution in [2.45, 2.75) is 24.2 Å². The van der Waals surface area contributed by atoms with Gasteiger partial charge in [-0.15, -0.1) is 0 Å². The third kappa shape index (κ3) is 5.26. The lowest BCUT2D eigenvalue weighted by atomic mass is 10.2. The fourth-order valence-corrected chi connectivity index (χ4v) is 5.03. The minimum atomic E-state index is -3.64. The molecule has 168 valence electrons. The summed E-state index contributed by atoms with van der Waals surface area (Å²) in [6.07, 6.45) is 4.10. The number of anilines is 2. The number of nitrogens with zero attached hydrogens (tertiary/aromatic N) is 3. The number of likely N-dealkylation sites (N-methyl/N-ethyl adjacent to an activating group) is 1. The minimum absolute atomic E-state index is 0.135. The number of amides is 2. The Hall–Kier alpha value is -2.85. The molecular formula is C21H28N4O5S. The predicted octanol–water partition coefficient (Wildman–Crippen LogP) is 2.23. The second-order valence-electron chi connectivity index (χ2n) is 7.72. The molecule has 1 aromatic carbocycles. The van der Waals surface area contributed by atoms with Crippen molar-refractivity contribution in [3.8, 4) is 0 Å². The van der Waals surface area contributed by atoms with Crippen LogP contribution >= 0.6 is 0 Å². The van der Waals surface area contributed by atoms with Crippen molar-refractivity contribution in [3.05, 3.63) is 42.4 Å². The second-order valence-corrected chi connectivity index (χ2v) is 9.66. The summed E-state index contributed by atoms with van der Waals surface area (Å²) < 4.78 is 32.6. The normalized spacial score (nSPS) is 14.8. The maximum absolute atomic E-state index is 13.0. The van der Waals surface area contributed by atoms with Crippen molar-refractivity contribution in [1.29, 1.82) is 0 Å². The van der Waals surface area contributed by atoms with Gasteiger partial charge in [-0.2, -0.15) is 4.31 Å². The molecule has 1 aliphatic rings. The Bertz CT molecular complexity index is 1030. The molecule has 10 heteroatoms. The molecule has 0 aliphatic carbocycles. The molecule has 2 amide bonds. The highest BCUT2D eigenvalue weighted by Gasteiger charge is 2.27. The molecule has 1 fully saturated rings. The molecule has 0 atom stereocenters. The van der Waals surface area contributed by atoms with E-state index in [4.69, 9.17) is 4.42 Å². The summed E-state index contributed by atoms with van der Waals surface area (Å²) in [6, 6.07) is 7.83. The summed E-state index contributed by atoms with van der Waals surface area (Å²) in [6.45, 7) is 0.786. The van der Waals surface area contributed by atoms with Crippen molar-refractivity contribution in [2.75, 3.05) is 51.0 Å². The summed E-state index contributed by atoms with van der Waals surface area (Å²) >= 11 is 0. The number of piperidine rings is 1. The Labute approximate surface area is 182 Å². The first-order chi connectivity index (χ1) is 14.7. The monoisotopic (exact) mass is 448 g/mol. The van der Waals surface area contributed by atoms with Crippen molar-refractivity contribution >= 4 is 33.2 Å². The van der Waals surface area contributed by atoms with Crippen LogP contribution in [0.3, 0.4) is 0 Å². The maximum Gasteiger partial charge on any atom is 0.289 e. The Morgan fingerprint density at radius 3 is 2.42 bits per heavy atom. The highest BCUT2D eigenvalue weighted by molar-refractivity contribution is 7.89. The van der Waals surface area contributed by atoms with Crippen LogP contribution in [-0.2, 0) is 14.8 Å². The number of nitrogens with one attached hydrogen (secondary N) is 1. The molecule has 0 bridgehead atoms. The first-order valence-corrected chi connectivity index (χ1v) is 11.5. The topological polar surface area (TPSA) is 103 Å². The van der Waals surface area contributed by atoms with Gasteiger partial charge in [0.25, 0.3) is 5.91 Å². The van der Waals surface area contributed by atoms with Crippen LogP contribution in [0.2, 0.25) is 0 Å². The van der Waals surface area contributed by atoms with Gasteiger partial charge < -0.3 is 19.5 Å². The van der Waals surface area contributed by atoms with Crippen LogP contribution in [-0.4, -0.2) is 70.2 Å². The molecule has 1 N–H and O–H groups in total. The van der Waals surface area contributed by atoms with Crippen molar-refractivity contribution in [1.82, 2.24) is 9.21 Å². The molecule has 0 saturated carbocycles. The van der Waals surface area contributed by atoms with E-state index in [0.717, 1.165) is 19.3 Å². The van der Waals surface area contributed by atoms with Crippen LogP contribution in [0.5, 0.6) is 0 Å². The van der Waals surface area contributed by atoms with E-state index in [9.17, 15) is 18.0 Å². The van der Waals surface area contributed by atoms with Gasteiger partial charge in [0.05, 0.1) is 29.1 Å². The van der Waals surface area contributed by atoms with E-state index >= 15 is 0 Å². The lowest BCUT2D eigenvalue weighted by Crippen LogP contribution is -2.36. The second kappa shape index (κ2) is 9.52. The zero-order valence-corrected chi connectivity index (χ0v) is 18.8. The Morgan fingerprint density at radius 1 is 1.10 bits per heavy atom. The molecule has 0 unspecified atom stereocenters. The van der Waals surface area contributed by atoms with Crippen LogP contribution in [0.1, 0.15) is 29.8 Å². The Morgan fingerprint density at radius 2 is 1.81 bits per heavy atom. The first-order valence-electron chi connectivity index (χ1n) is 10.1. The van der Waals surface area contributed by atoms with E-state index in [2.05, 4.69) is 5.32 Å². The number of carbonyl (C=O) groups excluding carboxylic acids is 2. The number of hydrogen-bond donors (Lipinski definition) is 1. The Balaban J connectivity index is 1.79. The van der Waals surface area contributed by atoms with Crippen LogP contribution in [0.15, 0.2) is 45.9 Å². The highest BCUT2D eigenvalue weighted by atomic mass is 32.2. The lowest BCUT2D eigenvalue weighted by molar-refractivity contribution is -0.116. The number of rotatable bonds is 7. The molecule has 2 aromatic rings. The minimum Gasteiger partial charge on any atom is -0.459 e. The molecule has 0 spiro atoms. The molecule has 1 aromatic heterocycles. The summed E-state index contributed by atoms with van der Waals surface area (Å²) in [5.74, 6) is -0.730. The van der Waals surface area contributed by atoms with Gasteiger partial charge in [-0.25, -0.2) is 8.42 Å². The quantitative estimate of drug-likeness (QED) is 0.697. The van der Waals surface area contributed by atoms with Gasteiger partial charge in [-0.05, 0) is 43.2 Å². The molecule has 9 nitrogen and oxygen atoms in total. The molecule has 1 saturated heterocycles. The largest absolute Gasteiger partial charge is 0.459 e. The fourth-order valence-electron chi connectivity index (χ4n) is 3.49. The summed E-state index contributed by atoms with van der Waals surface area (Å²) in [5.41, 5.74) is 1.03. The zero-order chi connectivity index (χ0) is 22.6. The summed E-state index contributed by atoms with van der Waals surface area (Å²) in [4.78, 5) is 28.1. The molecule has 0 radical (unpaired) electrons. The van der Waals surface area contributed by atoms with Crippen LogP contribution < -0.4 is 10.2 Å². The Kier molecular flexibility index (Phi) is 7.01. The van der Waals surface area contributed by atoms with E-state index in [1.807, 2.05) is 0 Å². The van der Waals surface area contributed by atoms with Gasteiger partial charge in [0.2, 0.25) is 15.9 Å². The molecule has 3 rings (SSSR count). The third-order valence-corrected chi connectivity index (χ3v) is 7.03. The maximum atomic E-state index is 13.0. The van der Waals surface area contributed by atoms with Crippen molar-refractivity contribution in [3.63, 3.8) is 0 Å². The van der Waals surface area contributed by atoms with E-state index in [-0.39, 0.29) is 17.2 Å². The molecule has 31 heavy (non-hydrogen) atoms. The van der Waals surface area contributed by atoms with E-state index < -0.39 is 21.8 Å². The van der Waals surface area contributed by atoms with Gasteiger partial charge in [-0.1, -0.05) is 6.42 Å². The summed E-state index contributed by atoms with van der Waals surface area (Å²) in [5, 5.41) is 2.75. The van der Waals surface area contributed by atoms with Gasteiger partial charge in [-0.3, -0.25) is 9.59 Å². The van der Waals surface area contributed by atoms with Gasteiger partial charge in [0.1, 0.15) is 0 Å². The molecule has 2 heterocycles. The molecule has 1 aliphatic heterocycles. The van der Waals surface area contributed by atoms with E-state index in [1.165, 1.54) is 34.6 Å². The van der Waals surface area contributed by atoms with Gasteiger partial charge >= 0.3 is 0 Å². The average molecular weight is 449 g/mol. The number of carbonyl (C=O) groups is 2. The van der Waals surface area contributed by atoms with E-state index in [0.29, 0.717) is 24.5 Å². The third-order valence-electron chi connectivity index (χ3n) is 5.14. The average Bonchev–Trinajstić information content (AvgIpc) is 3.28. The standard InChI is InChI=1S/C21H28N4O5S/c1-23(2)18-10-9-16(31(28,29)25-11-5-4-6-12-25)14-17(18)22-20(26)15-24(3)21(27)19-8-7-13-30-19/h7-10,13-14H,4-6,11-12,15H2,1-3H3,(H,22,26). The lowest BCUT2D eigenvalue weighted by Gasteiger charge is -2.27. The van der Waals surface area contributed by atoms with E-state index in [1.54, 1.807) is 37.2 Å². The predicted molar refractivity (Wildman–Crippen MR) is 118 cm³/mol. The summed E-state index contributed by atoms with van der Waals surface area (Å²) in [7, 11) is 1.46. The van der Waals surface area contributed by atoms with Crippen molar-refractivity contribution in [2.24, 2.45) is 0 Å². The number of furan rings is 1. The first kappa shape index (κ1) is 22.8. The van der Waals surface area contributed by atoms with Crippen LogP contribution in [0.25, 0.3) is 0 Å². The highest BCUT2D eigenvalue weighted by Crippen LogP contribution is 2.30. The molecular weight excluding hydrogens is 420 g/mol.